The smallest absolute Gasteiger partial charge is 0.105 e. The molecular formula is C15H15BrO. The molecular weight excluding hydrogens is 276 g/mol. The second-order valence-corrected chi connectivity index (χ2v) is 5.19. The lowest BCUT2D eigenvalue weighted by Gasteiger charge is -2.14. The molecule has 0 saturated carbocycles. The van der Waals surface area contributed by atoms with Crippen LogP contribution in [0, 0.1) is 13.8 Å². The lowest BCUT2D eigenvalue weighted by atomic mass is 10.00. The molecule has 0 spiro atoms. The fraction of sp³-hybridized carbons (Fsp3) is 0.200. The van der Waals surface area contributed by atoms with Gasteiger partial charge in [-0.2, -0.15) is 0 Å². The second-order valence-electron chi connectivity index (χ2n) is 4.34. The molecule has 0 radical (unpaired) electrons. The van der Waals surface area contributed by atoms with Gasteiger partial charge in [-0.25, -0.2) is 0 Å². The molecule has 0 bridgehead atoms. The molecule has 0 saturated heterocycles. The fourth-order valence-electron chi connectivity index (χ4n) is 1.78. The van der Waals surface area contributed by atoms with Crippen molar-refractivity contribution in [1.82, 2.24) is 0 Å². The largest absolute Gasteiger partial charge is 0.384 e. The van der Waals surface area contributed by atoms with Crippen molar-refractivity contribution < 1.29 is 5.11 Å². The summed E-state index contributed by atoms with van der Waals surface area (Å²) in [6.45, 7) is 4.07. The molecule has 17 heavy (non-hydrogen) atoms. The third kappa shape index (κ3) is 2.76. The molecule has 1 nitrogen and oxygen atoms in total. The van der Waals surface area contributed by atoms with Crippen LogP contribution in [0.1, 0.15) is 28.4 Å². The van der Waals surface area contributed by atoms with Gasteiger partial charge < -0.3 is 5.11 Å². The van der Waals surface area contributed by atoms with Crippen LogP contribution in [0.3, 0.4) is 0 Å². The quantitative estimate of drug-likeness (QED) is 0.881. The van der Waals surface area contributed by atoms with Crippen molar-refractivity contribution >= 4 is 15.9 Å². The summed E-state index contributed by atoms with van der Waals surface area (Å²) in [5, 5.41) is 10.3. The van der Waals surface area contributed by atoms with Crippen molar-refractivity contribution in [3.05, 3.63) is 69.2 Å². The van der Waals surface area contributed by atoms with Crippen molar-refractivity contribution in [2.45, 2.75) is 20.0 Å². The van der Waals surface area contributed by atoms with Gasteiger partial charge in [-0.1, -0.05) is 57.9 Å². The number of rotatable bonds is 2. The van der Waals surface area contributed by atoms with Crippen LogP contribution in [0.4, 0.5) is 0 Å². The van der Waals surface area contributed by atoms with Gasteiger partial charge in [-0.05, 0) is 36.6 Å². The third-order valence-corrected chi connectivity index (χ3v) is 3.53. The van der Waals surface area contributed by atoms with Crippen molar-refractivity contribution in [1.29, 1.82) is 0 Å². The highest BCUT2D eigenvalue weighted by Crippen LogP contribution is 2.29. The molecule has 2 aromatic rings. The number of hydrogen-bond donors (Lipinski definition) is 1. The Morgan fingerprint density at radius 1 is 0.941 bits per heavy atom. The molecule has 0 aliphatic heterocycles. The molecule has 1 unspecified atom stereocenters. The topological polar surface area (TPSA) is 20.2 Å². The molecule has 2 rings (SSSR count). The van der Waals surface area contributed by atoms with Gasteiger partial charge in [0.1, 0.15) is 6.10 Å². The number of aryl methyl sites for hydroxylation is 2. The Kier molecular flexibility index (Phi) is 3.65. The van der Waals surface area contributed by atoms with Crippen molar-refractivity contribution in [2.75, 3.05) is 0 Å². The molecule has 0 fully saturated rings. The maximum Gasteiger partial charge on any atom is 0.105 e. The normalized spacial score (nSPS) is 12.5. The molecule has 2 aromatic carbocycles. The van der Waals surface area contributed by atoms with E-state index in [0.717, 1.165) is 15.6 Å². The molecule has 0 amide bonds. The minimum Gasteiger partial charge on any atom is -0.384 e. The average Bonchev–Trinajstić information content (AvgIpc) is 2.29. The highest BCUT2D eigenvalue weighted by molar-refractivity contribution is 9.10. The predicted octanol–water partition coefficient (Wildman–Crippen LogP) is 4.15. The Labute approximate surface area is 110 Å². The predicted molar refractivity (Wildman–Crippen MR) is 74.1 cm³/mol. The maximum atomic E-state index is 10.3. The summed E-state index contributed by atoms with van der Waals surface area (Å²) in [6, 6.07) is 14.0. The minimum absolute atomic E-state index is 0.578. The van der Waals surface area contributed by atoms with E-state index >= 15 is 0 Å². The molecule has 1 atom stereocenters. The Bertz CT molecular complexity index is 517. The summed E-state index contributed by atoms with van der Waals surface area (Å²) in [5.41, 5.74) is 4.19. The van der Waals surface area contributed by atoms with E-state index in [9.17, 15) is 5.11 Å². The van der Waals surface area contributed by atoms with Crippen molar-refractivity contribution in [3.8, 4) is 0 Å². The zero-order valence-corrected chi connectivity index (χ0v) is 11.5. The highest BCUT2D eigenvalue weighted by atomic mass is 79.9. The van der Waals surface area contributed by atoms with E-state index in [4.69, 9.17) is 0 Å². The standard InChI is InChI=1S/C15H15BrO/c1-10-3-6-12(7-4-10)15(17)13-8-5-11(2)9-14(13)16/h3-9,15,17H,1-2H3. The number of aliphatic hydroxyl groups is 1. The lowest BCUT2D eigenvalue weighted by Crippen LogP contribution is -2.00. The first-order chi connectivity index (χ1) is 8.08. The Balaban J connectivity index is 2.36. The summed E-state index contributed by atoms with van der Waals surface area (Å²) in [6.07, 6.45) is -0.578. The van der Waals surface area contributed by atoms with E-state index < -0.39 is 6.10 Å². The number of halogens is 1. The minimum atomic E-state index is -0.578. The third-order valence-electron chi connectivity index (χ3n) is 2.84. The van der Waals surface area contributed by atoms with Crippen LogP contribution in [-0.2, 0) is 0 Å². The number of aliphatic hydroxyl groups excluding tert-OH is 1. The van der Waals surface area contributed by atoms with Gasteiger partial charge in [0.05, 0.1) is 0 Å². The lowest BCUT2D eigenvalue weighted by molar-refractivity contribution is 0.219. The van der Waals surface area contributed by atoms with E-state index in [1.54, 1.807) is 0 Å². The first kappa shape index (κ1) is 12.3. The Morgan fingerprint density at radius 3 is 2.12 bits per heavy atom. The monoisotopic (exact) mass is 290 g/mol. The number of hydrogen-bond acceptors (Lipinski definition) is 1. The summed E-state index contributed by atoms with van der Waals surface area (Å²) in [7, 11) is 0. The van der Waals surface area contributed by atoms with Crippen LogP contribution in [0.5, 0.6) is 0 Å². The van der Waals surface area contributed by atoms with Gasteiger partial charge in [0.25, 0.3) is 0 Å². The first-order valence-electron chi connectivity index (χ1n) is 5.58. The second kappa shape index (κ2) is 5.03. The fourth-order valence-corrected chi connectivity index (χ4v) is 2.49. The molecule has 0 aliphatic carbocycles. The summed E-state index contributed by atoms with van der Waals surface area (Å²) < 4.78 is 0.950. The molecule has 0 aliphatic rings. The zero-order valence-electron chi connectivity index (χ0n) is 9.94. The summed E-state index contributed by atoms with van der Waals surface area (Å²) in [4.78, 5) is 0. The molecule has 88 valence electrons. The van der Waals surface area contributed by atoms with Gasteiger partial charge >= 0.3 is 0 Å². The van der Waals surface area contributed by atoms with Gasteiger partial charge in [0.15, 0.2) is 0 Å². The number of benzene rings is 2. The average molecular weight is 291 g/mol. The van der Waals surface area contributed by atoms with Crippen molar-refractivity contribution in [2.24, 2.45) is 0 Å². The van der Waals surface area contributed by atoms with Crippen LogP contribution in [0.25, 0.3) is 0 Å². The first-order valence-corrected chi connectivity index (χ1v) is 6.38. The van der Waals surface area contributed by atoms with Gasteiger partial charge in [0.2, 0.25) is 0 Å². The van der Waals surface area contributed by atoms with Crippen LogP contribution in [-0.4, -0.2) is 5.11 Å². The molecule has 0 aromatic heterocycles. The van der Waals surface area contributed by atoms with Gasteiger partial charge in [-0.3, -0.25) is 0 Å². The van der Waals surface area contributed by atoms with E-state index in [0.29, 0.717) is 0 Å². The van der Waals surface area contributed by atoms with E-state index in [1.165, 1.54) is 11.1 Å². The van der Waals surface area contributed by atoms with E-state index in [1.807, 2.05) is 56.3 Å². The zero-order chi connectivity index (χ0) is 12.4. The van der Waals surface area contributed by atoms with Gasteiger partial charge in [-0.15, -0.1) is 0 Å². The summed E-state index contributed by atoms with van der Waals surface area (Å²) >= 11 is 3.50. The van der Waals surface area contributed by atoms with Crippen LogP contribution >= 0.6 is 15.9 Å². The Morgan fingerprint density at radius 2 is 1.53 bits per heavy atom. The SMILES string of the molecule is Cc1ccc(C(O)c2ccc(C)cc2Br)cc1. The van der Waals surface area contributed by atoms with Crippen LogP contribution in [0.15, 0.2) is 46.9 Å². The Hall–Kier alpha value is -1.12. The van der Waals surface area contributed by atoms with Crippen molar-refractivity contribution in [3.63, 3.8) is 0 Å². The van der Waals surface area contributed by atoms with Gasteiger partial charge in [0, 0.05) is 4.47 Å². The summed E-state index contributed by atoms with van der Waals surface area (Å²) in [5.74, 6) is 0. The molecule has 1 N–H and O–H groups in total. The van der Waals surface area contributed by atoms with Crippen LogP contribution < -0.4 is 0 Å². The molecule has 0 heterocycles. The maximum absolute atomic E-state index is 10.3. The van der Waals surface area contributed by atoms with E-state index in [-0.39, 0.29) is 0 Å². The van der Waals surface area contributed by atoms with Crippen LogP contribution in [0.2, 0.25) is 0 Å². The molecule has 2 heteroatoms. The highest BCUT2D eigenvalue weighted by Gasteiger charge is 2.13. The van der Waals surface area contributed by atoms with E-state index in [2.05, 4.69) is 15.9 Å².